The molecule has 0 radical (unpaired) electrons. The van der Waals surface area contributed by atoms with Crippen LogP contribution in [0, 0.1) is 6.92 Å². The molecule has 2 rings (SSSR count). The van der Waals surface area contributed by atoms with E-state index >= 15 is 0 Å². The number of nitrogens with zero attached hydrogens (tertiary/aromatic N) is 1. The first kappa shape index (κ1) is 11.8. The molecule has 0 aliphatic carbocycles. The Morgan fingerprint density at radius 3 is 2.47 bits per heavy atom. The highest BCUT2D eigenvalue weighted by atomic mass is 35.5. The van der Waals surface area contributed by atoms with Crippen molar-refractivity contribution in [2.45, 2.75) is 20.8 Å². The Bertz CT molecular complexity index is 423. The summed E-state index contributed by atoms with van der Waals surface area (Å²) >= 11 is 5.84. The normalized spacial score (nSPS) is 9.33. The van der Waals surface area contributed by atoms with E-state index in [4.69, 9.17) is 16.1 Å². The highest BCUT2D eigenvalue weighted by molar-refractivity contribution is 6.30. The molecular weight excluding hydrogens is 210 g/mol. The molecule has 0 bridgehead atoms. The second-order valence-electron chi connectivity index (χ2n) is 2.83. The third-order valence-electron chi connectivity index (χ3n) is 1.75. The summed E-state index contributed by atoms with van der Waals surface area (Å²) in [7, 11) is 0. The van der Waals surface area contributed by atoms with Crippen molar-refractivity contribution < 1.29 is 4.52 Å². The van der Waals surface area contributed by atoms with Crippen LogP contribution in [0.3, 0.4) is 0 Å². The summed E-state index contributed by atoms with van der Waals surface area (Å²) in [6, 6.07) is 9.41. The summed E-state index contributed by atoms with van der Waals surface area (Å²) in [6.45, 7) is 5.86. The van der Waals surface area contributed by atoms with Gasteiger partial charge in [0.05, 0.1) is 0 Å². The van der Waals surface area contributed by atoms with Gasteiger partial charge in [-0.1, -0.05) is 42.7 Å². The van der Waals surface area contributed by atoms with E-state index in [-0.39, 0.29) is 0 Å². The van der Waals surface area contributed by atoms with Crippen LogP contribution in [0.15, 0.2) is 34.9 Å². The Labute approximate surface area is 94.9 Å². The zero-order valence-corrected chi connectivity index (χ0v) is 9.88. The first-order valence-corrected chi connectivity index (χ1v) is 5.33. The van der Waals surface area contributed by atoms with Crippen molar-refractivity contribution in [2.75, 3.05) is 0 Å². The molecule has 1 aromatic heterocycles. The predicted octanol–water partition coefficient (Wildman–Crippen LogP) is 4.33. The maximum atomic E-state index is 5.84. The average molecular weight is 224 g/mol. The highest BCUT2D eigenvalue weighted by Gasteiger charge is 2.02. The van der Waals surface area contributed by atoms with Crippen molar-refractivity contribution >= 4 is 11.6 Å². The molecule has 1 heterocycles. The van der Waals surface area contributed by atoms with Crippen LogP contribution in [0.25, 0.3) is 11.3 Å². The van der Waals surface area contributed by atoms with Gasteiger partial charge in [-0.05, 0) is 19.1 Å². The Morgan fingerprint density at radius 2 is 1.93 bits per heavy atom. The van der Waals surface area contributed by atoms with Gasteiger partial charge in [0.25, 0.3) is 0 Å². The molecular formula is C12H14ClNO. The molecule has 0 saturated carbocycles. The van der Waals surface area contributed by atoms with Gasteiger partial charge in [-0.25, -0.2) is 0 Å². The van der Waals surface area contributed by atoms with Crippen LogP contribution in [-0.4, -0.2) is 5.16 Å². The molecule has 0 unspecified atom stereocenters. The Kier molecular flexibility index (Phi) is 4.37. The van der Waals surface area contributed by atoms with Gasteiger partial charge in [0.1, 0.15) is 11.5 Å². The molecule has 0 atom stereocenters. The SMILES string of the molecule is CC.Cc1cc(-c2cccc(Cl)c2)no1. The summed E-state index contributed by atoms with van der Waals surface area (Å²) in [5, 5.41) is 4.60. The average Bonchev–Trinajstić information content (AvgIpc) is 2.68. The fourth-order valence-corrected chi connectivity index (χ4v) is 1.34. The van der Waals surface area contributed by atoms with Crippen molar-refractivity contribution in [3.05, 3.63) is 41.1 Å². The Hall–Kier alpha value is -1.28. The minimum Gasteiger partial charge on any atom is -0.361 e. The van der Waals surface area contributed by atoms with E-state index in [9.17, 15) is 0 Å². The minimum absolute atomic E-state index is 0.707. The van der Waals surface area contributed by atoms with Gasteiger partial charge in [0.15, 0.2) is 0 Å². The Morgan fingerprint density at radius 1 is 1.20 bits per heavy atom. The first-order chi connectivity index (χ1) is 7.25. The first-order valence-electron chi connectivity index (χ1n) is 4.95. The molecule has 0 amide bonds. The highest BCUT2D eigenvalue weighted by Crippen LogP contribution is 2.21. The van der Waals surface area contributed by atoms with Gasteiger partial charge in [-0.3, -0.25) is 0 Å². The number of rotatable bonds is 1. The maximum Gasteiger partial charge on any atom is 0.134 e. The van der Waals surface area contributed by atoms with E-state index in [0.717, 1.165) is 17.0 Å². The molecule has 0 fully saturated rings. The van der Waals surface area contributed by atoms with Crippen LogP contribution in [-0.2, 0) is 0 Å². The number of hydrogen-bond acceptors (Lipinski definition) is 2. The lowest BCUT2D eigenvalue weighted by atomic mass is 10.1. The molecule has 0 spiro atoms. The van der Waals surface area contributed by atoms with E-state index in [1.54, 1.807) is 0 Å². The lowest BCUT2D eigenvalue weighted by Gasteiger charge is -1.94. The van der Waals surface area contributed by atoms with Crippen molar-refractivity contribution in [3.8, 4) is 11.3 Å². The standard InChI is InChI=1S/C10H8ClNO.C2H6/c1-7-5-10(12-13-7)8-3-2-4-9(11)6-8;1-2/h2-6H,1H3;1-2H3. The smallest absolute Gasteiger partial charge is 0.134 e. The molecule has 2 nitrogen and oxygen atoms in total. The van der Waals surface area contributed by atoms with E-state index in [1.807, 2.05) is 51.1 Å². The van der Waals surface area contributed by atoms with Gasteiger partial charge in [0.2, 0.25) is 0 Å². The molecule has 2 aromatic rings. The van der Waals surface area contributed by atoms with Gasteiger partial charge >= 0.3 is 0 Å². The Balaban J connectivity index is 0.000000531. The second-order valence-corrected chi connectivity index (χ2v) is 3.27. The third-order valence-corrected chi connectivity index (χ3v) is 1.98. The summed E-state index contributed by atoms with van der Waals surface area (Å²) in [5.41, 5.74) is 1.80. The summed E-state index contributed by atoms with van der Waals surface area (Å²) in [6.07, 6.45) is 0. The van der Waals surface area contributed by atoms with E-state index in [2.05, 4.69) is 5.16 Å². The fourth-order valence-electron chi connectivity index (χ4n) is 1.15. The fraction of sp³-hybridized carbons (Fsp3) is 0.250. The number of aromatic nitrogens is 1. The quantitative estimate of drug-likeness (QED) is 0.719. The zero-order chi connectivity index (χ0) is 11.3. The molecule has 0 aliphatic rings. The molecule has 1 aromatic carbocycles. The van der Waals surface area contributed by atoms with Crippen molar-refractivity contribution in [3.63, 3.8) is 0 Å². The van der Waals surface area contributed by atoms with Crippen LogP contribution in [0.1, 0.15) is 19.6 Å². The van der Waals surface area contributed by atoms with Crippen LogP contribution < -0.4 is 0 Å². The van der Waals surface area contributed by atoms with Crippen molar-refractivity contribution in [1.29, 1.82) is 0 Å². The van der Waals surface area contributed by atoms with E-state index in [1.165, 1.54) is 0 Å². The van der Waals surface area contributed by atoms with E-state index in [0.29, 0.717) is 5.02 Å². The predicted molar refractivity (Wildman–Crippen MR) is 63.0 cm³/mol. The third kappa shape index (κ3) is 3.10. The van der Waals surface area contributed by atoms with Gasteiger partial charge in [0, 0.05) is 16.7 Å². The molecule has 80 valence electrons. The van der Waals surface area contributed by atoms with Gasteiger partial charge in [-0.15, -0.1) is 0 Å². The topological polar surface area (TPSA) is 26.0 Å². The molecule has 0 aliphatic heterocycles. The molecule has 0 saturated heterocycles. The maximum absolute atomic E-state index is 5.84. The second kappa shape index (κ2) is 5.56. The number of benzene rings is 1. The molecule has 15 heavy (non-hydrogen) atoms. The zero-order valence-electron chi connectivity index (χ0n) is 9.12. The lowest BCUT2D eigenvalue weighted by molar-refractivity contribution is 0.399. The van der Waals surface area contributed by atoms with Crippen molar-refractivity contribution in [1.82, 2.24) is 5.16 Å². The number of aryl methyl sites for hydroxylation is 1. The minimum atomic E-state index is 0.707. The summed E-state index contributed by atoms with van der Waals surface area (Å²) in [4.78, 5) is 0. The summed E-state index contributed by atoms with van der Waals surface area (Å²) in [5.74, 6) is 0.801. The van der Waals surface area contributed by atoms with E-state index < -0.39 is 0 Å². The van der Waals surface area contributed by atoms with Gasteiger partial charge < -0.3 is 4.52 Å². The number of hydrogen-bond donors (Lipinski definition) is 0. The lowest BCUT2D eigenvalue weighted by Crippen LogP contribution is -1.75. The largest absolute Gasteiger partial charge is 0.361 e. The van der Waals surface area contributed by atoms with Gasteiger partial charge in [-0.2, -0.15) is 0 Å². The summed E-state index contributed by atoms with van der Waals surface area (Å²) < 4.78 is 4.97. The molecule has 3 heteroatoms. The monoisotopic (exact) mass is 223 g/mol. The van der Waals surface area contributed by atoms with Crippen LogP contribution >= 0.6 is 11.6 Å². The van der Waals surface area contributed by atoms with Crippen molar-refractivity contribution in [2.24, 2.45) is 0 Å². The van der Waals surface area contributed by atoms with Crippen LogP contribution in [0.4, 0.5) is 0 Å². The number of halogens is 1. The van der Waals surface area contributed by atoms with Crippen LogP contribution in [0.2, 0.25) is 5.02 Å². The molecule has 0 N–H and O–H groups in total. The van der Waals surface area contributed by atoms with Crippen LogP contribution in [0.5, 0.6) is 0 Å².